The van der Waals surface area contributed by atoms with Crippen molar-refractivity contribution in [1.29, 1.82) is 0 Å². The Hall–Kier alpha value is 0.990. The van der Waals surface area contributed by atoms with Crippen LogP contribution >= 0.6 is 15.2 Å². The fraction of sp³-hybridized carbons (Fsp3) is 1.00. The van der Waals surface area contributed by atoms with Gasteiger partial charge in [-0.05, 0) is 19.3 Å². The Balaban J connectivity index is 0.00000200. The lowest BCUT2D eigenvalue weighted by molar-refractivity contribution is -0.923. The van der Waals surface area contributed by atoms with Crippen LogP contribution in [0.4, 0.5) is 0 Å². The van der Waals surface area contributed by atoms with Gasteiger partial charge in [0.05, 0.1) is 26.7 Å². The molecular formula is C10H22INO6P2. The van der Waals surface area contributed by atoms with Crippen molar-refractivity contribution in [2.24, 2.45) is 5.92 Å². The van der Waals surface area contributed by atoms with E-state index in [0.29, 0.717) is 4.48 Å². The molecule has 0 radical (unpaired) electrons. The summed E-state index contributed by atoms with van der Waals surface area (Å²) in [6.45, 7) is 0.875. The van der Waals surface area contributed by atoms with Gasteiger partial charge in [0.15, 0.2) is 4.90 Å². The van der Waals surface area contributed by atoms with Gasteiger partial charge in [-0.25, -0.2) is 0 Å². The van der Waals surface area contributed by atoms with Gasteiger partial charge in [-0.15, -0.1) is 0 Å². The van der Waals surface area contributed by atoms with E-state index < -0.39 is 20.1 Å². The van der Waals surface area contributed by atoms with Gasteiger partial charge in [-0.2, -0.15) is 0 Å². The maximum absolute atomic E-state index is 11.8. The van der Waals surface area contributed by atoms with Gasteiger partial charge in [-0.3, -0.25) is 9.13 Å². The van der Waals surface area contributed by atoms with Gasteiger partial charge in [-0.1, -0.05) is 0 Å². The largest absolute Gasteiger partial charge is 1.00 e. The monoisotopic (exact) mass is 441 g/mol. The van der Waals surface area contributed by atoms with Crippen molar-refractivity contribution in [3.8, 4) is 0 Å². The molecule has 1 heterocycles. The average molecular weight is 441 g/mol. The highest BCUT2D eigenvalue weighted by Crippen LogP contribution is 2.76. The van der Waals surface area contributed by atoms with Crippen molar-refractivity contribution in [2.45, 2.75) is 36.6 Å². The first kappa shape index (κ1) is 19.0. The maximum atomic E-state index is 11.8. The molecule has 0 aromatic carbocycles. The fourth-order valence-corrected chi connectivity index (χ4v) is 6.98. The van der Waals surface area contributed by atoms with Crippen LogP contribution in [0.5, 0.6) is 0 Å². The minimum absolute atomic E-state index is 0. The molecule has 1 saturated heterocycles. The molecule has 1 aliphatic heterocycles. The van der Waals surface area contributed by atoms with Crippen molar-refractivity contribution in [2.75, 3.05) is 20.6 Å². The Kier molecular flexibility index (Phi) is 5.30. The predicted octanol–water partition coefficient (Wildman–Crippen LogP) is -2.31. The second-order valence-corrected chi connectivity index (χ2v) is 10.7. The highest BCUT2D eigenvalue weighted by molar-refractivity contribution is 7.72. The summed E-state index contributed by atoms with van der Waals surface area (Å²) >= 11 is 0. The molecule has 20 heavy (non-hydrogen) atoms. The number of hydrogen-bond donors (Lipinski definition) is 4. The summed E-state index contributed by atoms with van der Waals surface area (Å²) in [5.41, 5.74) is 0. The number of piperidine rings is 1. The summed E-state index contributed by atoms with van der Waals surface area (Å²) in [5, 5.41) is 0. The Morgan fingerprint density at radius 2 is 1.55 bits per heavy atom. The molecule has 2 unspecified atom stereocenters. The first-order valence-corrected chi connectivity index (χ1v) is 9.57. The van der Waals surface area contributed by atoms with Gasteiger partial charge < -0.3 is 48.0 Å². The van der Waals surface area contributed by atoms with Gasteiger partial charge >= 0.3 is 15.2 Å². The third-order valence-electron chi connectivity index (χ3n) is 4.96. The van der Waals surface area contributed by atoms with E-state index in [9.17, 15) is 28.7 Å². The van der Waals surface area contributed by atoms with Crippen LogP contribution in [-0.2, 0) is 9.13 Å². The second-order valence-electron chi connectivity index (χ2n) is 6.45. The van der Waals surface area contributed by atoms with E-state index in [0.717, 1.165) is 19.4 Å². The highest BCUT2D eigenvalue weighted by Gasteiger charge is 2.68. The third kappa shape index (κ3) is 2.91. The predicted molar refractivity (Wildman–Crippen MR) is 69.5 cm³/mol. The quantitative estimate of drug-likeness (QED) is 0.218. The van der Waals surface area contributed by atoms with Crippen LogP contribution in [0.15, 0.2) is 0 Å². The summed E-state index contributed by atoms with van der Waals surface area (Å²) in [4.78, 5) is 36.0. The molecule has 10 heteroatoms. The molecule has 0 amide bonds. The molecule has 1 aliphatic carbocycles. The van der Waals surface area contributed by atoms with Gasteiger partial charge in [0.1, 0.15) is 0 Å². The molecule has 0 spiro atoms. The van der Waals surface area contributed by atoms with E-state index in [-0.39, 0.29) is 48.8 Å². The Bertz CT molecular complexity index is 450. The number of hydrogen-bond acceptors (Lipinski definition) is 2. The number of nitrogens with zero attached hydrogens (tertiary/aromatic N) is 1. The second kappa shape index (κ2) is 5.57. The zero-order chi connectivity index (χ0) is 14.7. The van der Waals surface area contributed by atoms with E-state index in [1.807, 2.05) is 14.1 Å². The van der Waals surface area contributed by atoms with Crippen LogP contribution in [0.2, 0.25) is 0 Å². The van der Waals surface area contributed by atoms with Crippen LogP contribution in [0, 0.1) is 5.92 Å². The molecule has 1 saturated carbocycles. The SMILES string of the molecule is C[N+]1(C)CCCC2CC(P(=O)(O)O)(P(=O)(O)O)CC21.[I-]. The molecular weight excluding hydrogens is 419 g/mol. The first-order chi connectivity index (χ1) is 8.41. The van der Waals surface area contributed by atoms with Crippen molar-refractivity contribution in [3.05, 3.63) is 0 Å². The van der Waals surface area contributed by atoms with Crippen LogP contribution in [0.3, 0.4) is 0 Å². The van der Waals surface area contributed by atoms with E-state index in [1.54, 1.807) is 0 Å². The van der Waals surface area contributed by atoms with E-state index in [1.165, 1.54) is 0 Å². The molecule has 2 rings (SSSR count). The summed E-state index contributed by atoms with van der Waals surface area (Å²) in [6.07, 6.45) is 1.54. The zero-order valence-corrected chi connectivity index (χ0v) is 15.5. The maximum Gasteiger partial charge on any atom is 0.344 e. The summed E-state index contributed by atoms with van der Waals surface area (Å²) in [5.74, 6) is -0.0241. The van der Waals surface area contributed by atoms with Gasteiger partial charge in [0.2, 0.25) is 0 Å². The van der Waals surface area contributed by atoms with Crippen LogP contribution in [-0.4, -0.2) is 55.6 Å². The van der Waals surface area contributed by atoms with E-state index in [2.05, 4.69) is 0 Å². The number of fused-ring (bicyclic) bond motifs is 1. The number of quaternary nitrogens is 1. The summed E-state index contributed by atoms with van der Waals surface area (Å²) in [7, 11) is -5.81. The standard InChI is InChI=1S/C10H21NO6P2.HI/c1-11(2)5-3-4-8-6-10(7-9(8)11,18(12,13)14)19(15,16)17;/h8-9H,3-7H2,1-2H3,(H3-,12,13,14,15,16,17);1H. The average Bonchev–Trinajstić information content (AvgIpc) is 2.57. The molecule has 0 bridgehead atoms. The third-order valence-corrected chi connectivity index (χ3v) is 9.42. The molecule has 0 aromatic heterocycles. The molecule has 2 aliphatic rings. The Morgan fingerprint density at radius 1 is 1.05 bits per heavy atom. The molecule has 0 aromatic rings. The Morgan fingerprint density at radius 3 is 1.95 bits per heavy atom. The van der Waals surface area contributed by atoms with Gasteiger partial charge in [0, 0.05) is 12.3 Å². The van der Waals surface area contributed by atoms with E-state index >= 15 is 0 Å². The summed E-state index contributed by atoms with van der Waals surface area (Å²) < 4.78 is 24.1. The summed E-state index contributed by atoms with van der Waals surface area (Å²) in [6, 6.07) is -0.0889. The normalized spacial score (nSPS) is 32.3. The minimum atomic E-state index is -4.87. The molecule has 2 fully saturated rings. The Labute approximate surface area is 135 Å². The highest BCUT2D eigenvalue weighted by atomic mass is 127. The van der Waals surface area contributed by atoms with Crippen molar-refractivity contribution < 1.29 is 57.2 Å². The fourth-order valence-electron chi connectivity index (χ4n) is 3.83. The number of likely N-dealkylation sites (tertiary alicyclic amines) is 1. The van der Waals surface area contributed by atoms with Crippen LogP contribution in [0.25, 0.3) is 0 Å². The topological polar surface area (TPSA) is 115 Å². The molecule has 120 valence electrons. The van der Waals surface area contributed by atoms with Crippen LogP contribution < -0.4 is 24.0 Å². The van der Waals surface area contributed by atoms with Gasteiger partial charge in [0.25, 0.3) is 0 Å². The molecule has 4 N–H and O–H groups in total. The van der Waals surface area contributed by atoms with E-state index in [4.69, 9.17) is 0 Å². The van der Waals surface area contributed by atoms with Crippen molar-refractivity contribution >= 4 is 15.2 Å². The minimum Gasteiger partial charge on any atom is -1.00 e. The lowest BCUT2D eigenvalue weighted by atomic mass is 9.90. The zero-order valence-electron chi connectivity index (χ0n) is 11.5. The molecule has 7 nitrogen and oxygen atoms in total. The molecule has 2 atom stereocenters. The lowest BCUT2D eigenvalue weighted by Crippen LogP contribution is -3.00. The number of rotatable bonds is 2. The van der Waals surface area contributed by atoms with Crippen LogP contribution in [0.1, 0.15) is 25.7 Å². The number of halogens is 1. The first-order valence-electron chi connectivity index (χ1n) is 6.35. The van der Waals surface area contributed by atoms with Crippen molar-refractivity contribution in [1.82, 2.24) is 0 Å². The smallest absolute Gasteiger partial charge is 0.344 e. The van der Waals surface area contributed by atoms with Crippen molar-refractivity contribution in [3.63, 3.8) is 0 Å². The lowest BCUT2D eigenvalue weighted by Gasteiger charge is -2.43.